The average molecular weight is 263 g/mol. The Morgan fingerprint density at radius 1 is 1.43 bits per heavy atom. The van der Waals surface area contributed by atoms with E-state index < -0.39 is 0 Å². The Balaban J connectivity index is 2.31. The molecule has 14 heavy (non-hydrogen) atoms. The predicted molar refractivity (Wildman–Crippen MR) is 66.1 cm³/mol. The van der Waals surface area contributed by atoms with Crippen LogP contribution in [0.15, 0.2) is 0 Å². The first-order chi connectivity index (χ1) is 6.67. The molecular weight excluding hydrogens is 240 g/mol. The fourth-order valence-corrected chi connectivity index (χ4v) is 2.40. The summed E-state index contributed by atoms with van der Waals surface area (Å²) in [7, 11) is 0. The second kappa shape index (κ2) is 6.09. The van der Waals surface area contributed by atoms with Crippen molar-refractivity contribution < 1.29 is 0 Å². The van der Waals surface area contributed by atoms with Gasteiger partial charge in [0.15, 0.2) is 0 Å². The van der Waals surface area contributed by atoms with Gasteiger partial charge in [-0.3, -0.25) is 4.90 Å². The molecule has 0 aromatic heterocycles. The molecule has 84 valence electrons. The van der Waals surface area contributed by atoms with Gasteiger partial charge >= 0.3 is 0 Å². The van der Waals surface area contributed by atoms with Gasteiger partial charge in [0, 0.05) is 37.6 Å². The van der Waals surface area contributed by atoms with Crippen molar-refractivity contribution in [2.24, 2.45) is 5.92 Å². The Morgan fingerprint density at radius 3 is 2.64 bits per heavy atom. The SMILES string of the molecule is CCN1CCN(CC(C)CBr)CC1C. The van der Waals surface area contributed by atoms with Gasteiger partial charge in [-0.05, 0) is 19.4 Å². The smallest absolute Gasteiger partial charge is 0.0195 e. The zero-order valence-electron chi connectivity index (χ0n) is 9.67. The lowest BCUT2D eigenvalue weighted by Crippen LogP contribution is -2.52. The van der Waals surface area contributed by atoms with Crippen molar-refractivity contribution >= 4 is 15.9 Å². The van der Waals surface area contributed by atoms with Gasteiger partial charge in [-0.15, -0.1) is 0 Å². The molecule has 1 rings (SSSR count). The molecule has 1 fully saturated rings. The van der Waals surface area contributed by atoms with E-state index in [1.165, 1.54) is 32.7 Å². The largest absolute Gasteiger partial charge is 0.300 e. The molecule has 3 heteroatoms. The Bertz CT molecular complexity index is 163. The number of nitrogens with zero attached hydrogens (tertiary/aromatic N) is 2. The Hall–Kier alpha value is 0.400. The fourth-order valence-electron chi connectivity index (χ4n) is 2.20. The normalized spacial score (nSPS) is 27.9. The van der Waals surface area contributed by atoms with Crippen LogP contribution in [0.2, 0.25) is 0 Å². The van der Waals surface area contributed by atoms with Gasteiger partial charge < -0.3 is 4.90 Å². The van der Waals surface area contributed by atoms with Crippen LogP contribution in [0.5, 0.6) is 0 Å². The van der Waals surface area contributed by atoms with Gasteiger partial charge in [0.1, 0.15) is 0 Å². The molecule has 1 aliphatic heterocycles. The predicted octanol–water partition coefficient (Wildman–Crippen LogP) is 2.04. The maximum absolute atomic E-state index is 3.55. The molecule has 0 bridgehead atoms. The van der Waals surface area contributed by atoms with E-state index in [0.29, 0.717) is 0 Å². The summed E-state index contributed by atoms with van der Waals surface area (Å²) < 4.78 is 0. The van der Waals surface area contributed by atoms with Gasteiger partial charge in [-0.25, -0.2) is 0 Å². The monoisotopic (exact) mass is 262 g/mol. The van der Waals surface area contributed by atoms with E-state index in [1.807, 2.05) is 0 Å². The fraction of sp³-hybridized carbons (Fsp3) is 1.00. The number of rotatable bonds is 4. The van der Waals surface area contributed by atoms with E-state index >= 15 is 0 Å². The van der Waals surface area contributed by atoms with E-state index in [0.717, 1.165) is 17.3 Å². The third kappa shape index (κ3) is 3.52. The third-order valence-corrected chi connectivity index (χ3v) is 4.19. The highest BCUT2D eigenvalue weighted by Crippen LogP contribution is 2.11. The molecule has 2 atom stereocenters. The van der Waals surface area contributed by atoms with Crippen molar-refractivity contribution in [1.82, 2.24) is 9.80 Å². The van der Waals surface area contributed by atoms with Crippen LogP contribution in [0.3, 0.4) is 0 Å². The second-order valence-electron chi connectivity index (χ2n) is 4.50. The molecule has 2 unspecified atom stereocenters. The van der Waals surface area contributed by atoms with Crippen molar-refractivity contribution in [1.29, 1.82) is 0 Å². The molecule has 0 aromatic carbocycles. The minimum Gasteiger partial charge on any atom is -0.300 e. The van der Waals surface area contributed by atoms with Crippen LogP contribution < -0.4 is 0 Å². The van der Waals surface area contributed by atoms with E-state index in [9.17, 15) is 0 Å². The lowest BCUT2D eigenvalue weighted by atomic mass is 10.1. The van der Waals surface area contributed by atoms with Crippen molar-refractivity contribution in [2.45, 2.75) is 26.8 Å². The van der Waals surface area contributed by atoms with Crippen LogP contribution in [-0.2, 0) is 0 Å². The number of likely N-dealkylation sites (N-methyl/N-ethyl adjacent to an activating group) is 1. The summed E-state index contributed by atoms with van der Waals surface area (Å²) in [5.41, 5.74) is 0. The molecule has 0 spiro atoms. The molecule has 1 heterocycles. The van der Waals surface area contributed by atoms with Gasteiger partial charge in [0.05, 0.1) is 0 Å². The first kappa shape index (κ1) is 12.5. The standard InChI is InChI=1S/C11H23BrN2/c1-4-14-6-5-13(9-11(14)3)8-10(2)7-12/h10-11H,4-9H2,1-3H3. The van der Waals surface area contributed by atoms with Gasteiger partial charge in [0.2, 0.25) is 0 Å². The topological polar surface area (TPSA) is 6.48 Å². The Morgan fingerprint density at radius 2 is 2.14 bits per heavy atom. The van der Waals surface area contributed by atoms with E-state index in [-0.39, 0.29) is 0 Å². The summed E-state index contributed by atoms with van der Waals surface area (Å²) >= 11 is 3.55. The second-order valence-corrected chi connectivity index (χ2v) is 5.14. The summed E-state index contributed by atoms with van der Waals surface area (Å²) in [6.45, 7) is 13.1. The average Bonchev–Trinajstić information content (AvgIpc) is 2.18. The molecular formula is C11H23BrN2. The van der Waals surface area contributed by atoms with Crippen LogP contribution in [0.4, 0.5) is 0 Å². The highest BCUT2D eigenvalue weighted by Gasteiger charge is 2.22. The molecule has 0 amide bonds. The Labute approximate surface area is 96.8 Å². The maximum Gasteiger partial charge on any atom is 0.0195 e. The van der Waals surface area contributed by atoms with Crippen molar-refractivity contribution in [3.63, 3.8) is 0 Å². The zero-order valence-corrected chi connectivity index (χ0v) is 11.3. The first-order valence-corrected chi connectivity index (χ1v) is 6.81. The van der Waals surface area contributed by atoms with Crippen LogP contribution >= 0.6 is 15.9 Å². The molecule has 0 aliphatic carbocycles. The number of piperazine rings is 1. The number of hydrogen-bond donors (Lipinski definition) is 0. The lowest BCUT2D eigenvalue weighted by Gasteiger charge is -2.40. The van der Waals surface area contributed by atoms with E-state index in [4.69, 9.17) is 0 Å². The maximum atomic E-state index is 3.55. The molecule has 2 nitrogen and oxygen atoms in total. The van der Waals surface area contributed by atoms with Gasteiger partial charge in [0.25, 0.3) is 0 Å². The molecule has 0 N–H and O–H groups in total. The molecule has 1 saturated heterocycles. The molecule has 0 saturated carbocycles. The lowest BCUT2D eigenvalue weighted by molar-refractivity contribution is 0.0811. The van der Waals surface area contributed by atoms with Gasteiger partial charge in [-0.2, -0.15) is 0 Å². The van der Waals surface area contributed by atoms with Crippen molar-refractivity contribution in [3.05, 3.63) is 0 Å². The molecule has 0 aromatic rings. The zero-order chi connectivity index (χ0) is 10.6. The van der Waals surface area contributed by atoms with Crippen LogP contribution in [0, 0.1) is 5.92 Å². The van der Waals surface area contributed by atoms with Crippen molar-refractivity contribution in [3.8, 4) is 0 Å². The summed E-state index contributed by atoms with van der Waals surface area (Å²) in [6, 6.07) is 0.733. The number of halogens is 1. The van der Waals surface area contributed by atoms with E-state index in [1.54, 1.807) is 0 Å². The first-order valence-electron chi connectivity index (χ1n) is 5.69. The van der Waals surface area contributed by atoms with Crippen LogP contribution in [0.1, 0.15) is 20.8 Å². The highest BCUT2D eigenvalue weighted by atomic mass is 79.9. The molecule has 1 aliphatic rings. The highest BCUT2D eigenvalue weighted by molar-refractivity contribution is 9.09. The summed E-state index contributed by atoms with van der Waals surface area (Å²) in [6.07, 6.45) is 0. The van der Waals surface area contributed by atoms with Crippen molar-refractivity contribution in [2.75, 3.05) is 38.1 Å². The number of alkyl halides is 1. The summed E-state index contributed by atoms with van der Waals surface area (Å²) in [5, 5.41) is 1.12. The van der Waals surface area contributed by atoms with Gasteiger partial charge in [-0.1, -0.05) is 29.8 Å². The minimum atomic E-state index is 0.733. The Kier molecular flexibility index (Phi) is 5.42. The quantitative estimate of drug-likeness (QED) is 0.716. The molecule has 0 radical (unpaired) electrons. The van der Waals surface area contributed by atoms with Crippen LogP contribution in [-0.4, -0.2) is 53.9 Å². The third-order valence-electron chi connectivity index (χ3n) is 3.09. The number of hydrogen-bond acceptors (Lipinski definition) is 2. The minimum absolute atomic E-state index is 0.733. The van der Waals surface area contributed by atoms with Crippen LogP contribution in [0.25, 0.3) is 0 Å². The summed E-state index contributed by atoms with van der Waals surface area (Å²) in [5.74, 6) is 0.773. The van der Waals surface area contributed by atoms with E-state index in [2.05, 4.69) is 46.5 Å². The summed E-state index contributed by atoms with van der Waals surface area (Å²) in [4.78, 5) is 5.16.